The van der Waals surface area contributed by atoms with Gasteiger partial charge < -0.3 is 10.1 Å². The number of hydrogen-bond acceptors (Lipinski definition) is 3. The Bertz CT molecular complexity index is 506. The maximum absolute atomic E-state index is 13.0. The van der Waals surface area contributed by atoms with E-state index < -0.39 is 17.7 Å². The fraction of sp³-hybridized carbons (Fsp3) is 0.529. The van der Waals surface area contributed by atoms with Gasteiger partial charge in [0.15, 0.2) is 5.78 Å². The zero-order chi connectivity index (χ0) is 16.8. The van der Waals surface area contributed by atoms with Crippen LogP contribution >= 0.6 is 0 Å². The molecule has 0 heterocycles. The van der Waals surface area contributed by atoms with Crippen LogP contribution in [0.15, 0.2) is 24.3 Å². The molecule has 0 aliphatic rings. The second-order valence-corrected chi connectivity index (χ2v) is 6.20. The summed E-state index contributed by atoms with van der Waals surface area (Å²) in [6.07, 6.45) is 1.32. The Labute approximate surface area is 131 Å². The van der Waals surface area contributed by atoms with Gasteiger partial charge in [-0.1, -0.05) is 25.5 Å². The first kappa shape index (κ1) is 18.1. The number of ether oxygens (including phenoxy) is 1. The number of amides is 1. The molecule has 0 radical (unpaired) electrons. The minimum absolute atomic E-state index is 0.112. The summed E-state index contributed by atoms with van der Waals surface area (Å²) in [7, 11) is 0. The van der Waals surface area contributed by atoms with Gasteiger partial charge in [-0.15, -0.1) is 0 Å². The molecule has 1 amide bonds. The van der Waals surface area contributed by atoms with E-state index in [4.69, 9.17) is 4.74 Å². The lowest BCUT2D eigenvalue weighted by Gasteiger charge is -2.23. The van der Waals surface area contributed by atoms with Gasteiger partial charge in [0.1, 0.15) is 17.5 Å². The van der Waals surface area contributed by atoms with Crippen LogP contribution in [-0.4, -0.2) is 17.5 Å². The smallest absolute Gasteiger partial charge is 0.408 e. The van der Waals surface area contributed by atoms with Crippen LogP contribution < -0.4 is 5.32 Å². The predicted molar refractivity (Wildman–Crippen MR) is 83.0 cm³/mol. The molecule has 0 aliphatic carbocycles. The minimum Gasteiger partial charge on any atom is -0.444 e. The highest BCUT2D eigenvalue weighted by Gasteiger charge is 2.25. The summed E-state index contributed by atoms with van der Waals surface area (Å²) < 4.78 is 18.2. The van der Waals surface area contributed by atoms with Crippen molar-refractivity contribution in [2.45, 2.75) is 58.6 Å². The lowest BCUT2D eigenvalue weighted by molar-refractivity contribution is -0.121. The molecule has 5 heteroatoms. The average Bonchev–Trinajstić information content (AvgIpc) is 2.41. The van der Waals surface area contributed by atoms with E-state index in [1.54, 1.807) is 20.8 Å². The SMILES string of the molecule is CCCCC(=O)[C@H](NC(=O)OC(C)(C)C)c1ccc(F)cc1. The summed E-state index contributed by atoms with van der Waals surface area (Å²) in [5, 5.41) is 2.58. The van der Waals surface area contributed by atoms with E-state index in [2.05, 4.69) is 5.32 Å². The zero-order valence-corrected chi connectivity index (χ0v) is 13.6. The molecule has 1 aromatic rings. The molecular formula is C17H24FNO3. The fourth-order valence-electron chi connectivity index (χ4n) is 1.93. The van der Waals surface area contributed by atoms with E-state index in [1.807, 2.05) is 6.92 Å². The third-order valence-electron chi connectivity index (χ3n) is 2.96. The number of unbranched alkanes of at least 4 members (excludes halogenated alkanes) is 1. The average molecular weight is 309 g/mol. The van der Waals surface area contributed by atoms with Gasteiger partial charge in [0.2, 0.25) is 0 Å². The Kier molecular flexibility index (Phi) is 6.53. The number of alkyl carbamates (subject to hydrolysis) is 1. The number of nitrogens with one attached hydrogen (secondary N) is 1. The maximum Gasteiger partial charge on any atom is 0.408 e. The molecule has 0 unspecified atom stereocenters. The monoisotopic (exact) mass is 309 g/mol. The van der Waals surface area contributed by atoms with Crippen molar-refractivity contribution in [2.24, 2.45) is 0 Å². The van der Waals surface area contributed by atoms with Gasteiger partial charge in [-0.2, -0.15) is 0 Å². The molecule has 0 fully saturated rings. The molecule has 0 bridgehead atoms. The van der Waals surface area contributed by atoms with Gasteiger partial charge >= 0.3 is 6.09 Å². The molecule has 4 nitrogen and oxygen atoms in total. The van der Waals surface area contributed by atoms with Gasteiger partial charge in [-0.05, 0) is 44.9 Å². The minimum atomic E-state index is -0.818. The summed E-state index contributed by atoms with van der Waals surface area (Å²) in [6.45, 7) is 7.23. The molecule has 0 saturated carbocycles. The molecule has 1 atom stereocenters. The number of ketones is 1. The second kappa shape index (κ2) is 7.92. The second-order valence-electron chi connectivity index (χ2n) is 6.20. The van der Waals surface area contributed by atoms with Crippen LogP contribution in [0.5, 0.6) is 0 Å². The number of benzene rings is 1. The Morgan fingerprint density at radius 1 is 1.23 bits per heavy atom. The Morgan fingerprint density at radius 3 is 2.32 bits per heavy atom. The normalized spacial score (nSPS) is 12.6. The molecule has 0 aliphatic heterocycles. The largest absolute Gasteiger partial charge is 0.444 e. The van der Waals surface area contributed by atoms with E-state index in [0.29, 0.717) is 12.0 Å². The van der Waals surface area contributed by atoms with Gasteiger partial charge in [-0.25, -0.2) is 9.18 Å². The number of rotatable bonds is 6. The Balaban J connectivity index is 2.89. The number of carbonyl (C=O) groups excluding carboxylic acids is 2. The van der Waals surface area contributed by atoms with Gasteiger partial charge in [-0.3, -0.25) is 4.79 Å². The van der Waals surface area contributed by atoms with E-state index in [9.17, 15) is 14.0 Å². The lowest BCUT2D eigenvalue weighted by Crippen LogP contribution is -2.38. The van der Waals surface area contributed by atoms with Crippen LogP contribution in [-0.2, 0) is 9.53 Å². The van der Waals surface area contributed by atoms with Crippen molar-refractivity contribution in [2.75, 3.05) is 0 Å². The van der Waals surface area contributed by atoms with Crippen molar-refractivity contribution in [3.63, 3.8) is 0 Å². The quantitative estimate of drug-likeness (QED) is 0.858. The molecule has 22 heavy (non-hydrogen) atoms. The van der Waals surface area contributed by atoms with Crippen LogP contribution in [0.2, 0.25) is 0 Å². The predicted octanol–water partition coefficient (Wildman–Crippen LogP) is 4.15. The van der Waals surface area contributed by atoms with Gasteiger partial charge in [0, 0.05) is 6.42 Å². The van der Waals surface area contributed by atoms with E-state index in [1.165, 1.54) is 24.3 Å². The number of hydrogen-bond donors (Lipinski definition) is 1. The third-order valence-corrected chi connectivity index (χ3v) is 2.96. The molecule has 122 valence electrons. The van der Waals surface area contributed by atoms with Crippen LogP contribution in [0.1, 0.15) is 58.6 Å². The number of halogens is 1. The van der Waals surface area contributed by atoms with Crippen LogP contribution in [0.3, 0.4) is 0 Å². The highest BCUT2D eigenvalue weighted by Crippen LogP contribution is 2.19. The lowest BCUT2D eigenvalue weighted by atomic mass is 9.99. The summed E-state index contributed by atoms with van der Waals surface area (Å²) in [5.41, 5.74) is -0.0995. The summed E-state index contributed by atoms with van der Waals surface area (Å²) in [6, 6.07) is 4.72. The number of carbonyl (C=O) groups is 2. The molecular weight excluding hydrogens is 285 g/mol. The fourth-order valence-corrected chi connectivity index (χ4v) is 1.93. The first-order valence-electron chi connectivity index (χ1n) is 7.50. The Hall–Kier alpha value is -1.91. The first-order valence-corrected chi connectivity index (χ1v) is 7.50. The number of Topliss-reactive ketones (excluding diaryl/α,β-unsaturated/α-hetero) is 1. The van der Waals surface area contributed by atoms with E-state index in [-0.39, 0.29) is 11.6 Å². The zero-order valence-electron chi connectivity index (χ0n) is 13.6. The molecule has 1 aromatic carbocycles. The topological polar surface area (TPSA) is 55.4 Å². The highest BCUT2D eigenvalue weighted by atomic mass is 19.1. The maximum atomic E-state index is 13.0. The van der Waals surface area contributed by atoms with Crippen LogP contribution in [0.25, 0.3) is 0 Å². The molecule has 0 saturated heterocycles. The van der Waals surface area contributed by atoms with Crippen LogP contribution in [0.4, 0.5) is 9.18 Å². The molecule has 0 aromatic heterocycles. The van der Waals surface area contributed by atoms with Crippen molar-refractivity contribution >= 4 is 11.9 Å². The van der Waals surface area contributed by atoms with E-state index in [0.717, 1.165) is 12.8 Å². The molecule has 0 spiro atoms. The third kappa shape index (κ3) is 6.24. The van der Waals surface area contributed by atoms with Crippen molar-refractivity contribution in [1.82, 2.24) is 5.32 Å². The summed E-state index contributed by atoms with van der Waals surface area (Å²) >= 11 is 0. The van der Waals surface area contributed by atoms with Crippen molar-refractivity contribution in [3.05, 3.63) is 35.6 Å². The van der Waals surface area contributed by atoms with E-state index >= 15 is 0 Å². The first-order chi connectivity index (χ1) is 10.2. The highest BCUT2D eigenvalue weighted by molar-refractivity contribution is 5.88. The summed E-state index contributed by atoms with van der Waals surface area (Å²) in [4.78, 5) is 24.3. The molecule has 1 rings (SSSR count). The van der Waals surface area contributed by atoms with Crippen molar-refractivity contribution in [1.29, 1.82) is 0 Å². The van der Waals surface area contributed by atoms with Gasteiger partial charge in [0.25, 0.3) is 0 Å². The summed E-state index contributed by atoms with van der Waals surface area (Å²) in [5.74, 6) is -0.500. The van der Waals surface area contributed by atoms with Crippen LogP contribution in [0, 0.1) is 5.82 Å². The molecule has 1 N–H and O–H groups in total. The Morgan fingerprint density at radius 2 is 1.82 bits per heavy atom. The standard InChI is InChI=1S/C17H24FNO3/c1-5-6-7-14(20)15(12-8-10-13(18)11-9-12)19-16(21)22-17(2,3)4/h8-11,15H,5-7H2,1-4H3,(H,19,21)/t15-/m1/s1. The van der Waals surface area contributed by atoms with Gasteiger partial charge in [0.05, 0.1) is 0 Å². The van der Waals surface area contributed by atoms with Crippen molar-refractivity contribution in [3.8, 4) is 0 Å². The van der Waals surface area contributed by atoms with Crippen molar-refractivity contribution < 1.29 is 18.7 Å².